The topological polar surface area (TPSA) is 122 Å². The number of aliphatic hydroxyl groups excluding tert-OH is 3. The van der Waals surface area contributed by atoms with Crippen molar-refractivity contribution in [3.8, 4) is 5.75 Å². The lowest BCUT2D eigenvalue weighted by molar-refractivity contribution is -0.913. The number of likely N-dealkylation sites (N-methyl/N-ethyl adjacent to an activating group) is 1. The first kappa shape index (κ1) is 17.5. The van der Waals surface area contributed by atoms with Gasteiger partial charge in [-0.2, -0.15) is 0 Å². The van der Waals surface area contributed by atoms with Gasteiger partial charge < -0.3 is 36.0 Å². The van der Waals surface area contributed by atoms with Gasteiger partial charge in [0.2, 0.25) is 0 Å². The zero-order valence-electron chi connectivity index (χ0n) is 12.4. The summed E-state index contributed by atoms with van der Waals surface area (Å²) < 4.78 is 5.86. The molecule has 120 valence electrons. The standard InChI is InChI=1S/C14H26N3O4/c1-17(4-6-18,5-7-19)9-12(20)10-21-14-3-2-11(15)8-13(14)16/h2-3,8,12,18-20H,4-7,9-10,15-16H2,1H3/q+1. The molecule has 0 aliphatic rings. The van der Waals surface area contributed by atoms with Crippen LogP contribution in [0.3, 0.4) is 0 Å². The van der Waals surface area contributed by atoms with Crippen LogP contribution in [-0.2, 0) is 0 Å². The molecule has 0 bridgehead atoms. The van der Waals surface area contributed by atoms with Crippen molar-refractivity contribution in [3.05, 3.63) is 18.2 Å². The van der Waals surface area contributed by atoms with Crippen LogP contribution in [0.2, 0.25) is 0 Å². The molecule has 0 aliphatic carbocycles. The van der Waals surface area contributed by atoms with Gasteiger partial charge in [0.1, 0.15) is 38.1 Å². The van der Waals surface area contributed by atoms with Crippen LogP contribution in [-0.4, -0.2) is 72.4 Å². The summed E-state index contributed by atoms with van der Waals surface area (Å²) in [6, 6.07) is 4.93. The molecule has 21 heavy (non-hydrogen) atoms. The van der Waals surface area contributed by atoms with E-state index in [2.05, 4.69) is 0 Å². The van der Waals surface area contributed by atoms with Gasteiger partial charge in [-0.15, -0.1) is 0 Å². The molecular formula is C14H26N3O4+. The molecule has 1 atom stereocenters. The van der Waals surface area contributed by atoms with Gasteiger partial charge in [-0.3, -0.25) is 0 Å². The van der Waals surface area contributed by atoms with Gasteiger partial charge in [0, 0.05) is 5.69 Å². The maximum absolute atomic E-state index is 10.1. The highest BCUT2D eigenvalue weighted by atomic mass is 16.5. The van der Waals surface area contributed by atoms with E-state index < -0.39 is 6.10 Å². The molecule has 0 amide bonds. The largest absolute Gasteiger partial charge is 0.488 e. The Balaban J connectivity index is 2.54. The van der Waals surface area contributed by atoms with Crippen LogP contribution in [0.4, 0.5) is 11.4 Å². The average molecular weight is 300 g/mol. The first-order valence-corrected chi connectivity index (χ1v) is 6.91. The number of nitrogens with zero attached hydrogens (tertiary/aromatic N) is 1. The molecule has 7 N–H and O–H groups in total. The molecule has 0 aliphatic heterocycles. The summed E-state index contributed by atoms with van der Waals surface area (Å²) in [5.74, 6) is 0.474. The van der Waals surface area contributed by atoms with E-state index >= 15 is 0 Å². The second-order valence-corrected chi connectivity index (χ2v) is 5.46. The molecule has 0 aromatic heterocycles. The van der Waals surface area contributed by atoms with E-state index in [4.69, 9.17) is 26.4 Å². The number of benzene rings is 1. The van der Waals surface area contributed by atoms with E-state index in [0.29, 0.717) is 41.2 Å². The molecule has 0 spiro atoms. The molecule has 1 unspecified atom stereocenters. The number of ether oxygens (including phenoxy) is 1. The predicted octanol–water partition coefficient (Wildman–Crippen LogP) is -0.978. The normalized spacial score (nSPS) is 13.1. The zero-order valence-corrected chi connectivity index (χ0v) is 12.4. The molecular weight excluding hydrogens is 274 g/mol. The Morgan fingerprint density at radius 2 is 1.81 bits per heavy atom. The fourth-order valence-electron chi connectivity index (χ4n) is 2.22. The van der Waals surface area contributed by atoms with E-state index in [-0.39, 0.29) is 19.8 Å². The van der Waals surface area contributed by atoms with Gasteiger partial charge in [0.25, 0.3) is 0 Å². The van der Waals surface area contributed by atoms with Crippen molar-refractivity contribution < 1.29 is 24.5 Å². The summed E-state index contributed by atoms with van der Waals surface area (Å²) in [5.41, 5.74) is 12.3. The Labute approximate surface area is 124 Å². The van der Waals surface area contributed by atoms with Crippen molar-refractivity contribution in [3.63, 3.8) is 0 Å². The number of nitrogen functional groups attached to an aromatic ring is 2. The van der Waals surface area contributed by atoms with Gasteiger partial charge in [-0.25, -0.2) is 0 Å². The lowest BCUT2D eigenvalue weighted by Gasteiger charge is -2.35. The molecule has 1 aromatic carbocycles. The van der Waals surface area contributed by atoms with Gasteiger partial charge in [0.05, 0.1) is 25.9 Å². The van der Waals surface area contributed by atoms with Crippen molar-refractivity contribution >= 4 is 11.4 Å². The molecule has 0 heterocycles. The maximum Gasteiger partial charge on any atom is 0.142 e. The van der Waals surface area contributed by atoms with Gasteiger partial charge in [-0.05, 0) is 18.2 Å². The lowest BCUT2D eigenvalue weighted by Crippen LogP contribution is -2.53. The van der Waals surface area contributed by atoms with Crippen LogP contribution >= 0.6 is 0 Å². The van der Waals surface area contributed by atoms with Crippen molar-refractivity contribution in [1.29, 1.82) is 0 Å². The summed E-state index contributed by atoms with van der Waals surface area (Å²) in [4.78, 5) is 0. The van der Waals surface area contributed by atoms with Crippen molar-refractivity contribution in [2.45, 2.75) is 6.10 Å². The van der Waals surface area contributed by atoms with Crippen LogP contribution in [0.15, 0.2) is 18.2 Å². The maximum atomic E-state index is 10.1. The summed E-state index contributed by atoms with van der Waals surface area (Å²) in [5, 5.41) is 28.2. The highest BCUT2D eigenvalue weighted by Gasteiger charge is 2.25. The third kappa shape index (κ3) is 5.76. The Kier molecular flexibility index (Phi) is 6.70. The summed E-state index contributed by atoms with van der Waals surface area (Å²) in [6.07, 6.45) is -0.731. The zero-order chi connectivity index (χ0) is 15.9. The molecule has 0 saturated carbocycles. The van der Waals surface area contributed by atoms with Crippen molar-refractivity contribution in [1.82, 2.24) is 0 Å². The molecule has 1 aromatic rings. The van der Waals surface area contributed by atoms with E-state index in [9.17, 15) is 5.11 Å². The number of nitrogens with two attached hydrogens (primary N) is 2. The van der Waals surface area contributed by atoms with E-state index in [1.54, 1.807) is 18.2 Å². The van der Waals surface area contributed by atoms with Crippen LogP contribution in [0.5, 0.6) is 5.75 Å². The second kappa shape index (κ2) is 8.04. The van der Waals surface area contributed by atoms with Crippen molar-refractivity contribution in [2.24, 2.45) is 0 Å². The van der Waals surface area contributed by atoms with Crippen LogP contribution < -0.4 is 16.2 Å². The molecule has 0 fully saturated rings. The number of hydrogen-bond acceptors (Lipinski definition) is 6. The fourth-order valence-corrected chi connectivity index (χ4v) is 2.22. The second-order valence-electron chi connectivity index (χ2n) is 5.46. The average Bonchev–Trinajstić information content (AvgIpc) is 2.37. The minimum Gasteiger partial charge on any atom is -0.488 e. The lowest BCUT2D eigenvalue weighted by atomic mass is 10.2. The van der Waals surface area contributed by atoms with E-state index in [1.165, 1.54) is 0 Å². The van der Waals surface area contributed by atoms with E-state index in [1.807, 2.05) is 7.05 Å². The number of anilines is 2. The molecule has 7 nitrogen and oxygen atoms in total. The Morgan fingerprint density at radius 1 is 1.19 bits per heavy atom. The summed E-state index contributed by atoms with van der Waals surface area (Å²) >= 11 is 0. The molecule has 0 saturated heterocycles. The molecule has 7 heteroatoms. The smallest absolute Gasteiger partial charge is 0.142 e. The number of aliphatic hydroxyl groups is 3. The first-order valence-electron chi connectivity index (χ1n) is 6.91. The van der Waals surface area contributed by atoms with Gasteiger partial charge >= 0.3 is 0 Å². The monoisotopic (exact) mass is 300 g/mol. The summed E-state index contributed by atoms with van der Waals surface area (Å²) in [6.45, 7) is 1.36. The van der Waals surface area contributed by atoms with Gasteiger partial charge in [0.15, 0.2) is 0 Å². The predicted molar refractivity (Wildman–Crippen MR) is 81.7 cm³/mol. The quantitative estimate of drug-likeness (QED) is 0.295. The molecule has 0 radical (unpaired) electrons. The number of rotatable bonds is 9. The van der Waals surface area contributed by atoms with E-state index in [0.717, 1.165) is 0 Å². The minimum absolute atomic E-state index is 0.00497. The third-order valence-electron chi connectivity index (χ3n) is 3.40. The summed E-state index contributed by atoms with van der Waals surface area (Å²) in [7, 11) is 1.87. The number of hydrogen-bond donors (Lipinski definition) is 5. The minimum atomic E-state index is -0.731. The first-order chi connectivity index (χ1) is 9.90. The SMILES string of the molecule is C[N+](CCO)(CCO)CC(O)COc1ccc(N)cc1N. The van der Waals surface area contributed by atoms with Gasteiger partial charge in [-0.1, -0.05) is 0 Å². The highest BCUT2D eigenvalue weighted by Crippen LogP contribution is 2.23. The van der Waals surface area contributed by atoms with Crippen LogP contribution in [0.1, 0.15) is 0 Å². The third-order valence-corrected chi connectivity index (χ3v) is 3.40. The Bertz CT molecular complexity index is 436. The number of quaternary nitrogens is 1. The molecule has 1 rings (SSSR count). The fraction of sp³-hybridized carbons (Fsp3) is 0.571. The van der Waals surface area contributed by atoms with Crippen molar-refractivity contribution in [2.75, 3.05) is 58.0 Å². The Morgan fingerprint density at radius 3 is 2.33 bits per heavy atom. The Hall–Kier alpha value is -1.54. The van der Waals surface area contributed by atoms with Crippen LogP contribution in [0, 0.1) is 0 Å². The van der Waals surface area contributed by atoms with Crippen LogP contribution in [0.25, 0.3) is 0 Å². The highest BCUT2D eigenvalue weighted by molar-refractivity contribution is 5.60.